The van der Waals surface area contributed by atoms with Gasteiger partial charge in [0.2, 0.25) is 0 Å². The van der Waals surface area contributed by atoms with Gasteiger partial charge in [-0.3, -0.25) is 9.36 Å². The van der Waals surface area contributed by atoms with Crippen molar-refractivity contribution in [2.45, 2.75) is 53.9 Å². The van der Waals surface area contributed by atoms with Gasteiger partial charge in [0.1, 0.15) is 7.80 Å². The molecule has 2 aromatic carbocycles. The van der Waals surface area contributed by atoms with Gasteiger partial charge in [-0.25, -0.2) is 0 Å². The molecule has 1 unspecified atom stereocenters. The molecule has 1 radical (unpaired) electrons. The zero-order chi connectivity index (χ0) is 18.6. The number of ketones is 1. The van der Waals surface area contributed by atoms with Crippen molar-refractivity contribution in [2.75, 3.05) is 6.16 Å². The maximum absolute atomic E-state index is 13.3. The average Bonchev–Trinajstić information content (AvgIpc) is 2.59. The normalized spacial score (nSPS) is 11.5. The summed E-state index contributed by atoms with van der Waals surface area (Å²) in [7, 11) is -1.53. The molecule has 25 heavy (non-hydrogen) atoms. The van der Waals surface area contributed by atoms with Crippen molar-refractivity contribution in [2.24, 2.45) is 0 Å². The van der Waals surface area contributed by atoms with Crippen LogP contribution >= 0.6 is 7.80 Å². The molecule has 0 aliphatic rings. The van der Waals surface area contributed by atoms with Gasteiger partial charge < -0.3 is 0 Å². The molecular weight excluding hydrogens is 327 g/mol. The molecule has 2 rings (SSSR count). The smallest absolute Gasteiger partial charge is 0.194 e. The Morgan fingerprint density at radius 3 is 2.32 bits per heavy atom. The first-order valence-electron chi connectivity index (χ1n) is 9.04. The van der Waals surface area contributed by atoms with E-state index in [9.17, 15) is 9.36 Å². The van der Waals surface area contributed by atoms with Crippen LogP contribution in [0.3, 0.4) is 0 Å². The van der Waals surface area contributed by atoms with Crippen molar-refractivity contribution >= 4 is 18.9 Å². The maximum Gasteiger partial charge on any atom is 0.194 e. The Morgan fingerprint density at radius 1 is 0.960 bits per heavy atom. The lowest BCUT2D eigenvalue weighted by atomic mass is 9.89. The summed E-state index contributed by atoms with van der Waals surface area (Å²) >= 11 is 0. The molecule has 0 N–H and O–H groups in total. The molecule has 0 amide bonds. The molecule has 0 saturated carbocycles. The summed E-state index contributed by atoms with van der Waals surface area (Å²) < 4.78 is 12.8. The highest BCUT2D eigenvalue weighted by Gasteiger charge is 2.21. The first-order valence-corrected chi connectivity index (χ1v) is 10.5. The lowest BCUT2D eigenvalue weighted by Gasteiger charge is -2.15. The lowest BCUT2D eigenvalue weighted by molar-refractivity contribution is 0.103. The average molecular weight is 355 g/mol. The molecule has 2 aromatic rings. The molecule has 3 heteroatoms. The minimum absolute atomic E-state index is 0.00691. The van der Waals surface area contributed by atoms with Crippen LogP contribution in [-0.4, -0.2) is 11.9 Å². The van der Waals surface area contributed by atoms with Crippen molar-refractivity contribution in [3.05, 3.63) is 63.7 Å². The molecule has 0 aliphatic carbocycles. The third kappa shape index (κ3) is 4.25. The van der Waals surface area contributed by atoms with E-state index in [1.54, 1.807) is 0 Å². The third-order valence-corrected chi connectivity index (χ3v) is 6.62. The first kappa shape index (κ1) is 19.5. The number of benzene rings is 2. The zero-order valence-corrected chi connectivity index (χ0v) is 16.9. The fraction of sp³-hybridized carbons (Fsp3) is 0.409. The molecule has 0 spiro atoms. The van der Waals surface area contributed by atoms with Gasteiger partial charge in [0.15, 0.2) is 5.78 Å². The number of rotatable bonds is 7. The molecule has 0 aliphatic heterocycles. The highest BCUT2D eigenvalue weighted by atomic mass is 31.1. The minimum atomic E-state index is -1.53. The zero-order valence-electron chi connectivity index (χ0n) is 16.0. The minimum Gasteiger partial charge on any atom is -0.289 e. The van der Waals surface area contributed by atoms with Gasteiger partial charge >= 0.3 is 0 Å². The molecular formula is C22H28O2P. The van der Waals surface area contributed by atoms with Crippen LogP contribution in [0.4, 0.5) is 0 Å². The largest absolute Gasteiger partial charge is 0.289 e. The van der Waals surface area contributed by atoms with Crippen LogP contribution in [-0.2, 0) is 4.57 Å². The summed E-state index contributed by atoms with van der Waals surface area (Å²) in [6.45, 7) is 10.2. The quantitative estimate of drug-likeness (QED) is 0.358. The highest BCUT2D eigenvalue weighted by Crippen LogP contribution is 2.28. The molecule has 0 heterocycles. The maximum atomic E-state index is 13.3. The summed E-state index contributed by atoms with van der Waals surface area (Å²) in [5.41, 5.74) is 5.71. The van der Waals surface area contributed by atoms with Gasteiger partial charge in [-0.15, -0.1) is 0 Å². The van der Waals surface area contributed by atoms with Crippen LogP contribution < -0.4 is 5.30 Å². The molecule has 0 bridgehead atoms. The van der Waals surface area contributed by atoms with Crippen molar-refractivity contribution in [1.82, 2.24) is 0 Å². The number of hydrogen-bond acceptors (Lipinski definition) is 2. The van der Waals surface area contributed by atoms with Crippen molar-refractivity contribution in [3.63, 3.8) is 0 Å². The third-order valence-electron chi connectivity index (χ3n) is 4.97. The van der Waals surface area contributed by atoms with E-state index in [1.807, 2.05) is 38.1 Å². The SMILES string of the molecule is CCCCC[P](=O)c1ccccc1C(=O)c1c(C)cc(C)c(C)c1C. The Bertz CT molecular complexity index is 806. The summed E-state index contributed by atoms with van der Waals surface area (Å²) in [6, 6.07) is 9.47. The lowest BCUT2D eigenvalue weighted by Crippen LogP contribution is -2.16. The van der Waals surface area contributed by atoms with E-state index in [-0.39, 0.29) is 5.78 Å². The molecule has 0 aromatic heterocycles. The molecule has 2 nitrogen and oxygen atoms in total. The molecule has 1 atom stereocenters. The Hall–Kier alpha value is -1.79. The fourth-order valence-corrected chi connectivity index (χ4v) is 4.73. The van der Waals surface area contributed by atoms with Gasteiger partial charge in [0.05, 0.1) is 0 Å². The van der Waals surface area contributed by atoms with E-state index in [0.29, 0.717) is 17.0 Å². The van der Waals surface area contributed by atoms with Crippen LogP contribution in [0.5, 0.6) is 0 Å². The number of carbonyl (C=O) groups excluding carboxylic acids is 1. The summed E-state index contributed by atoms with van der Waals surface area (Å²) in [4.78, 5) is 13.3. The number of carbonyl (C=O) groups is 1. The predicted octanol–water partition coefficient (Wildman–Crippen LogP) is 5.79. The second-order valence-electron chi connectivity index (χ2n) is 6.79. The van der Waals surface area contributed by atoms with E-state index in [4.69, 9.17) is 0 Å². The number of hydrogen-bond donors (Lipinski definition) is 0. The van der Waals surface area contributed by atoms with Gasteiger partial charge in [-0.05, 0) is 68.5 Å². The Kier molecular flexibility index (Phi) is 6.67. The Balaban J connectivity index is 2.45. The van der Waals surface area contributed by atoms with Gasteiger partial charge in [-0.1, -0.05) is 38.0 Å². The summed E-state index contributed by atoms with van der Waals surface area (Å²) in [5.74, 6) is -0.00691. The van der Waals surface area contributed by atoms with E-state index >= 15 is 0 Å². The van der Waals surface area contributed by atoms with Crippen LogP contribution in [0, 0.1) is 27.7 Å². The van der Waals surface area contributed by atoms with Crippen molar-refractivity contribution < 1.29 is 9.36 Å². The molecule has 0 saturated heterocycles. The molecule has 0 fully saturated rings. The highest BCUT2D eigenvalue weighted by molar-refractivity contribution is 7.53. The fourth-order valence-electron chi connectivity index (χ4n) is 3.28. The number of aryl methyl sites for hydroxylation is 2. The van der Waals surface area contributed by atoms with E-state index < -0.39 is 7.80 Å². The van der Waals surface area contributed by atoms with Crippen LogP contribution in [0.2, 0.25) is 0 Å². The van der Waals surface area contributed by atoms with E-state index in [0.717, 1.165) is 41.5 Å². The van der Waals surface area contributed by atoms with Crippen molar-refractivity contribution in [1.29, 1.82) is 0 Å². The van der Waals surface area contributed by atoms with Crippen LogP contribution in [0.25, 0.3) is 0 Å². The van der Waals surface area contributed by atoms with Crippen LogP contribution in [0.15, 0.2) is 30.3 Å². The van der Waals surface area contributed by atoms with Gasteiger partial charge in [0.25, 0.3) is 0 Å². The van der Waals surface area contributed by atoms with E-state index in [1.165, 1.54) is 5.56 Å². The van der Waals surface area contributed by atoms with E-state index in [2.05, 4.69) is 26.8 Å². The van der Waals surface area contributed by atoms with Gasteiger partial charge in [-0.2, -0.15) is 0 Å². The standard InChI is InChI=1S/C22H28O2P/c1-6-7-10-13-25(24)20-12-9-8-11-19(20)22(23)21-16(3)14-15(2)17(4)18(21)5/h8-9,11-12,14H,6-7,10,13H2,1-5H3. The van der Waals surface area contributed by atoms with Crippen molar-refractivity contribution in [3.8, 4) is 0 Å². The topological polar surface area (TPSA) is 34.1 Å². The number of unbranched alkanes of at least 4 members (excludes halogenated alkanes) is 2. The van der Waals surface area contributed by atoms with Gasteiger partial charge in [0, 0.05) is 22.6 Å². The predicted molar refractivity (Wildman–Crippen MR) is 107 cm³/mol. The Labute approximate surface area is 152 Å². The second kappa shape index (κ2) is 8.54. The first-order chi connectivity index (χ1) is 11.9. The summed E-state index contributed by atoms with van der Waals surface area (Å²) in [5, 5.41) is 0.704. The molecule has 133 valence electrons. The Morgan fingerprint density at radius 2 is 1.64 bits per heavy atom. The van der Waals surface area contributed by atoms with Crippen LogP contribution in [0.1, 0.15) is 64.4 Å². The summed E-state index contributed by atoms with van der Waals surface area (Å²) in [6.07, 6.45) is 3.77. The monoisotopic (exact) mass is 355 g/mol. The second-order valence-corrected chi connectivity index (χ2v) is 8.48.